The van der Waals surface area contributed by atoms with E-state index in [4.69, 9.17) is 4.74 Å². The lowest BCUT2D eigenvalue weighted by Crippen LogP contribution is -2.35. The summed E-state index contributed by atoms with van der Waals surface area (Å²) in [5.41, 5.74) is 2.07. The van der Waals surface area contributed by atoms with Gasteiger partial charge in [-0.3, -0.25) is 9.78 Å². The average Bonchev–Trinajstić information content (AvgIpc) is 3.20. The van der Waals surface area contributed by atoms with Gasteiger partial charge < -0.3 is 10.1 Å². The second-order valence-corrected chi connectivity index (χ2v) is 5.78. The number of aromatic nitrogens is 2. The largest absolute Gasteiger partial charge is 0.368 e. The van der Waals surface area contributed by atoms with Crippen molar-refractivity contribution >= 4 is 17.2 Å². The highest BCUT2D eigenvalue weighted by molar-refractivity contribution is 7.13. The number of pyridine rings is 1. The normalized spacial score (nSPS) is 17.8. The lowest BCUT2D eigenvalue weighted by molar-refractivity contribution is -0.129. The highest BCUT2D eigenvalue weighted by atomic mass is 32.1. The third-order valence-corrected chi connectivity index (χ3v) is 4.32. The van der Waals surface area contributed by atoms with Gasteiger partial charge in [-0.25, -0.2) is 4.98 Å². The Kier molecular flexibility index (Phi) is 4.57. The molecule has 0 unspecified atom stereocenters. The molecule has 2 aromatic heterocycles. The van der Waals surface area contributed by atoms with Gasteiger partial charge in [0, 0.05) is 42.9 Å². The number of nitrogens with one attached hydrogen (secondary N) is 1. The number of amides is 1. The van der Waals surface area contributed by atoms with Crippen LogP contribution in [0.1, 0.15) is 18.5 Å². The molecule has 0 saturated carbocycles. The van der Waals surface area contributed by atoms with Gasteiger partial charge in [0.05, 0.1) is 5.69 Å². The Balaban J connectivity index is 1.50. The fraction of sp³-hybridized carbons (Fsp3) is 0.400. The highest BCUT2D eigenvalue weighted by Crippen LogP contribution is 2.22. The third kappa shape index (κ3) is 3.65. The molecular formula is C15H17N3O2S. The summed E-state index contributed by atoms with van der Waals surface area (Å²) in [4.78, 5) is 20.4. The van der Waals surface area contributed by atoms with Crippen LogP contribution in [-0.2, 0) is 16.0 Å². The van der Waals surface area contributed by atoms with E-state index in [2.05, 4.69) is 15.3 Å². The Morgan fingerprint density at radius 1 is 1.43 bits per heavy atom. The first-order valence-corrected chi connectivity index (χ1v) is 7.95. The van der Waals surface area contributed by atoms with Gasteiger partial charge >= 0.3 is 0 Å². The molecule has 1 saturated heterocycles. The van der Waals surface area contributed by atoms with E-state index >= 15 is 0 Å². The summed E-state index contributed by atoms with van der Waals surface area (Å²) >= 11 is 1.61. The van der Waals surface area contributed by atoms with Gasteiger partial charge in [0.1, 0.15) is 11.1 Å². The van der Waals surface area contributed by atoms with Gasteiger partial charge in [-0.1, -0.05) is 0 Å². The van der Waals surface area contributed by atoms with Crippen LogP contribution in [0, 0.1) is 0 Å². The summed E-state index contributed by atoms with van der Waals surface area (Å²) in [5.74, 6) is -0.00270. The monoisotopic (exact) mass is 303 g/mol. The zero-order chi connectivity index (χ0) is 14.5. The minimum atomic E-state index is -0.257. The SMILES string of the molecule is O=C(NCCc1csc(-c2ccncc2)n1)[C@H]1CCCO1. The average molecular weight is 303 g/mol. The number of rotatable bonds is 5. The lowest BCUT2D eigenvalue weighted by atomic mass is 10.2. The molecule has 2 aromatic rings. The number of hydrogen-bond acceptors (Lipinski definition) is 5. The molecule has 1 aliphatic heterocycles. The van der Waals surface area contributed by atoms with E-state index < -0.39 is 0 Å². The van der Waals surface area contributed by atoms with E-state index in [1.165, 1.54) is 0 Å². The van der Waals surface area contributed by atoms with Crippen LogP contribution in [0.15, 0.2) is 29.9 Å². The van der Waals surface area contributed by atoms with Gasteiger partial charge in [-0.2, -0.15) is 0 Å². The van der Waals surface area contributed by atoms with E-state index in [1.807, 2.05) is 17.5 Å². The van der Waals surface area contributed by atoms with Gasteiger partial charge in [0.15, 0.2) is 0 Å². The van der Waals surface area contributed by atoms with Crippen molar-refractivity contribution in [3.05, 3.63) is 35.6 Å². The first kappa shape index (κ1) is 14.2. The molecular weight excluding hydrogens is 286 g/mol. The Labute approximate surface area is 127 Å². The van der Waals surface area contributed by atoms with Crippen LogP contribution < -0.4 is 5.32 Å². The highest BCUT2D eigenvalue weighted by Gasteiger charge is 2.22. The molecule has 1 atom stereocenters. The van der Waals surface area contributed by atoms with Crippen LogP contribution in [0.2, 0.25) is 0 Å². The van der Waals surface area contributed by atoms with E-state index in [9.17, 15) is 4.79 Å². The summed E-state index contributed by atoms with van der Waals surface area (Å²) in [6.07, 6.45) is 5.80. The zero-order valence-corrected chi connectivity index (χ0v) is 12.4. The number of carbonyl (C=O) groups is 1. The zero-order valence-electron chi connectivity index (χ0n) is 11.6. The van der Waals surface area contributed by atoms with Gasteiger partial charge in [0.25, 0.3) is 0 Å². The number of carbonyl (C=O) groups excluding carboxylic acids is 1. The molecule has 3 rings (SSSR count). The molecule has 0 aromatic carbocycles. The Morgan fingerprint density at radius 2 is 2.29 bits per heavy atom. The molecule has 1 amide bonds. The number of ether oxygens (including phenoxy) is 1. The Bertz CT molecular complexity index is 594. The van der Waals surface area contributed by atoms with Crippen molar-refractivity contribution in [1.29, 1.82) is 0 Å². The first-order valence-electron chi connectivity index (χ1n) is 7.07. The van der Waals surface area contributed by atoms with Crippen LogP contribution in [0.4, 0.5) is 0 Å². The van der Waals surface area contributed by atoms with Crippen molar-refractivity contribution in [2.75, 3.05) is 13.2 Å². The Hall–Kier alpha value is -1.79. The van der Waals surface area contributed by atoms with Gasteiger partial charge in [-0.05, 0) is 25.0 Å². The Morgan fingerprint density at radius 3 is 3.05 bits per heavy atom. The second-order valence-electron chi connectivity index (χ2n) is 4.92. The van der Waals surface area contributed by atoms with Crippen molar-refractivity contribution in [3.63, 3.8) is 0 Å². The quantitative estimate of drug-likeness (QED) is 0.918. The van der Waals surface area contributed by atoms with E-state index in [0.717, 1.165) is 35.5 Å². The predicted octanol–water partition coefficient (Wildman–Crippen LogP) is 2.04. The minimum absolute atomic E-state index is 0.00270. The lowest BCUT2D eigenvalue weighted by Gasteiger charge is -2.09. The number of thiazole rings is 1. The van der Waals surface area contributed by atoms with Crippen molar-refractivity contribution in [1.82, 2.24) is 15.3 Å². The first-order chi connectivity index (χ1) is 10.3. The number of hydrogen-bond donors (Lipinski definition) is 1. The summed E-state index contributed by atoms with van der Waals surface area (Å²) in [5, 5.41) is 5.93. The van der Waals surface area contributed by atoms with Crippen LogP contribution in [0.3, 0.4) is 0 Å². The molecule has 5 nitrogen and oxygen atoms in total. The topological polar surface area (TPSA) is 64.1 Å². The molecule has 21 heavy (non-hydrogen) atoms. The summed E-state index contributed by atoms with van der Waals surface area (Å²) in [6, 6.07) is 3.89. The van der Waals surface area contributed by atoms with E-state index in [0.29, 0.717) is 13.2 Å². The fourth-order valence-electron chi connectivity index (χ4n) is 2.26. The van der Waals surface area contributed by atoms with Gasteiger partial charge in [-0.15, -0.1) is 11.3 Å². The van der Waals surface area contributed by atoms with Crippen molar-refractivity contribution in [3.8, 4) is 10.6 Å². The molecule has 1 fully saturated rings. The smallest absolute Gasteiger partial charge is 0.249 e. The summed E-state index contributed by atoms with van der Waals surface area (Å²) in [7, 11) is 0. The second kappa shape index (κ2) is 6.78. The molecule has 0 radical (unpaired) electrons. The van der Waals surface area contributed by atoms with E-state index in [-0.39, 0.29) is 12.0 Å². The van der Waals surface area contributed by atoms with E-state index in [1.54, 1.807) is 23.7 Å². The fourth-order valence-corrected chi connectivity index (χ4v) is 3.12. The molecule has 110 valence electrons. The van der Waals surface area contributed by atoms with Crippen molar-refractivity contribution in [2.24, 2.45) is 0 Å². The molecule has 3 heterocycles. The van der Waals surface area contributed by atoms with Gasteiger partial charge in [0.2, 0.25) is 5.91 Å². The van der Waals surface area contributed by atoms with Crippen molar-refractivity contribution in [2.45, 2.75) is 25.4 Å². The maximum Gasteiger partial charge on any atom is 0.249 e. The maximum absolute atomic E-state index is 11.8. The van der Waals surface area contributed by atoms with Crippen LogP contribution in [-0.4, -0.2) is 35.1 Å². The minimum Gasteiger partial charge on any atom is -0.368 e. The molecule has 1 aliphatic rings. The maximum atomic E-state index is 11.8. The standard InChI is InChI=1S/C15H17N3O2S/c19-14(13-2-1-9-20-13)17-8-5-12-10-21-15(18-12)11-3-6-16-7-4-11/h3-4,6-7,10,13H,1-2,5,8-9H2,(H,17,19)/t13-/m1/s1. The molecule has 6 heteroatoms. The predicted molar refractivity (Wildman–Crippen MR) is 81.0 cm³/mol. The van der Waals surface area contributed by atoms with Crippen molar-refractivity contribution < 1.29 is 9.53 Å². The van der Waals surface area contributed by atoms with Crippen LogP contribution in [0.25, 0.3) is 10.6 Å². The summed E-state index contributed by atoms with van der Waals surface area (Å²) < 4.78 is 5.35. The summed E-state index contributed by atoms with van der Waals surface area (Å²) in [6.45, 7) is 1.29. The third-order valence-electron chi connectivity index (χ3n) is 3.38. The molecule has 0 bridgehead atoms. The molecule has 0 aliphatic carbocycles. The molecule has 1 N–H and O–H groups in total. The van der Waals surface area contributed by atoms with Crippen LogP contribution in [0.5, 0.6) is 0 Å². The van der Waals surface area contributed by atoms with Crippen LogP contribution >= 0.6 is 11.3 Å². The number of nitrogens with zero attached hydrogens (tertiary/aromatic N) is 2. The molecule has 0 spiro atoms.